The van der Waals surface area contributed by atoms with E-state index in [4.69, 9.17) is 9.97 Å². The van der Waals surface area contributed by atoms with Crippen LogP contribution >= 0.6 is 22.7 Å². The number of hydrogen-bond acceptors (Lipinski definition) is 6. The molecule has 0 amide bonds. The van der Waals surface area contributed by atoms with E-state index >= 15 is 0 Å². The maximum Gasteiger partial charge on any atom is 0.188 e. The Labute approximate surface area is 206 Å². The van der Waals surface area contributed by atoms with Crippen molar-refractivity contribution >= 4 is 64.7 Å². The van der Waals surface area contributed by atoms with E-state index in [9.17, 15) is 0 Å². The Bertz CT molecular complexity index is 1490. The van der Waals surface area contributed by atoms with Crippen LogP contribution in [0.5, 0.6) is 0 Å². The fourth-order valence-electron chi connectivity index (χ4n) is 3.84. The summed E-state index contributed by atoms with van der Waals surface area (Å²) >= 11 is 3.35. The van der Waals surface area contributed by atoms with Crippen molar-refractivity contribution in [3.8, 4) is 11.1 Å². The zero-order valence-electron chi connectivity index (χ0n) is 18.8. The highest BCUT2D eigenvalue weighted by atomic mass is 32.1. The summed E-state index contributed by atoms with van der Waals surface area (Å²) in [5.74, 6) is 0. The lowest BCUT2D eigenvalue weighted by molar-refractivity contribution is 1.42. The molecule has 0 radical (unpaired) electrons. The molecule has 0 spiro atoms. The molecule has 0 bridgehead atoms. The SMILES string of the molecule is Cc1ccc(Nc2nc3ccc(-c4ccc5nc(Nc6ccc(C)cc6)sc5c4)cc3s2)cc1. The standard InChI is InChI=1S/C28H22N4S2/c1-17-3-9-21(10-4-17)29-27-31-23-13-7-19(15-25(23)33-27)20-8-14-24-26(16-20)34-28(32-24)30-22-11-5-18(2)6-12-22/h3-16H,1-2H3,(H,29,31)(H,30,32). The molecular weight excluding hydrogens is 456 g/mol. The predicted octanol–water partition coefficient (Wildman–Crippen LogP) is 8.68. The molecule has 0 fully saturated rings. The Morgan fingerprint density at radius 1 is 0.529 bits per heavy atom. The topological polar surface area (TPSA) is 49.8 Å². The first-order valence-corrected chi connectivity index (χ1v) is 12.7. The molecular formula is C28H22N4S2. The number of anilines is 4. The van der Waals surface area contributed by atoms with Crippen molar-refractivity contribution in [3.63, 3.8) is 0 Å². The number of fused-ring (bicyclic) bond motifs is 2. The number of aromatic nitrogens is 2. The number of rotatable bonds is 5. The first-order valence-electron chi connectivity index (χ1n) is 11.1. The van der Waals surface area contributed by atoms with E-state index in [-0.39, 0.29) is 0 Å². The second kappa shape index (κ2) is 8.56. The average molecular weight is 479 g/mol. The lowest BCUT2D eigenvalue weighted by Gasteiger charge is -2.01. The molecule has 2 N–H and O–H groups in total. The molecule has 166 valence electrons. The highest BCUT2D eigenvalue weighted by Gasteiger charge is 2.09. The number of thiazole rings is 2. The number of nitrogens with zero attached hydrogens (tertiary/aromatic N) is 2. The average Bonchev–Trinajstić information content (AvgIpc) is 3.43. The number of aryl methyl sites for hydroxylation is 2. The minimum Gasteiger partial charge on any atom is -0.332 e. The lowest BCUT2D eigenvalue weighted by Crippen LogP contribution is -1.88. The van der Waals surface area contributed by atoms with E-state index in [1.54, 1.807) is 22.7 Å². The second-order valence-corrected chi connectivity index (χ2v) is 10.4. The lowest BCUT2D eigenvalue weighted by atomic mass is 10.1. The quantitative estimate of drug-likeness (QED) is 0.260. The van der Waals surface area contributed by atoms with Gasteiger partial charge < -0.3 is 10.6 Å². The van der Waals surface area contributed by atoms with Crippen molar-refractivity contribution in [3.05, 3.63) is 96.1 Å². The van der Waals surface area contributed by atoms with Crippen LogP contribution in [-0.4, -0.2) is 9.97 Å². The Morgan fingerprint density at radius 3 is 1.35 bits per heavy atom. The van der Waals surface area contributed by atoms with Crippen LogP contribution < -0.4 is 10.6 Å². The molecule has 2 heterocycles. The molecule has 0 saturated heterocycles. The summed E-state index contributed by atoms with van der Waals surface area (Å²) < 4.78 is 2.33. The molecule has 34 heavy (non-hydrogen) atoms. The molecule has 0 aliphatic rings. The van der Waals surface area contributed by atoms with Crippen molar-refractivity contribution in [2.75, 3.05) is 10.6 Å². The summed E-state index contributed by atoms with van der Waals surface area (Å²) in [6.45, 7) is 4.18. The maximum atomic E-state index is 4.75. The Hall–Kier alpha value is -3.74. The van der Waals surface area contributed by atoms with Crippen LogP contribution in [0.25, 0.3) is 31.6 Å². The Balaban J connectivity index is 1.27. The molecule has 0 aliphatic heterocycles. The van der Waals surface area contributed by atoms with Gasteiger partial charge in [0.1, 0.15) is 0 Å². The second-order valence-electron chi connectivity index (χ2n) is 8.39. The predicted molar refractivity (Wildman–Crippen MR) is 147 cm³/mol. The van der Waals surface area contributed by atoms with E-state index < -0.39 is 0 Å². The third-order valence-electron chi connectivity index (χ3n) is 5.72. The van der Waals surface area contributed by atoms with Gasteiger partial charge in [-0.05, 0) is 73.5 Å². The minimum atomic E-state index is 0.903. The zero-order chi connectivity index (χ0) is 23.1. The molecule has 0 unspecified atom stereocenters. The summed E-state index contributed by atoms with van der Waals surface area (Å²) in [4.78, 5) is 9.51. The first kappa shape index (κ1) is 20.8. The summed E-state index contributed by atoms with van der Waals surface area (Å²) in [6.07, 6.45) is 0. The third kappa shape index (κ3) is 4.25. The van der Waals surface area contributed by atoms with Gasteiger partial charge in [0.05, 0.1) is 20.4 Å². The Kier molecular flexibility index (Phi) is 5.24. The fourth-order valence-corrected chi connectivity index (χ4v) is 5.69. The van der Waals surface area contributed by atoms with Gasteiger partial charge in [0.15, 0.2) is 10.3 Å². The van der Waals surface area contributed by atoms with E-state index in [1.807, 2.05) is 0 Å². The maximum absolute atomic E-state index is 4.75. The highest BCUT2D eigenvalue weighted by Crippen LogP contribution is 2.35. The number of benzene rings is 4. The van der Waals surface area contributed by atoms with Crippen molar-refractivity contribution in [1.82, 2.24) is 9.97 Å². The van der Waals surface area contributed by atoms with Crippen LogP contribution in [0.2, 0.25) is 0 Å². The summed E-state index contributed by atoms with van der Waals surface area (Å²) in [5, 5.41) is 8.65. The van der Waals surface area contributed by atoms with Crippen LogP contribution in [0, 0.1) is 13.8 Å². The van der Waals surface area contributed by atoms with E-state index in [0.717, 1.165) is 32.7 Å². The summed E-state index contributed by atoms with van der Waals surface area (Å²) in [7, 11) is 0. The van der Waals surface area contributed by atoms with Gasteiger partial charge >= 0.3 is 0 Å². The van der Waals surface area contributed by atoms with Gasteiger partial charge in [-0.15, -0.1) is 0 Å². The van der Waals surface area contributed by atoms with Crippen molar-refractivity contribution in [2.24, 2.45) is 0 Å². The molecule has 4 nitrogen and oxygen atoms in total. The van der Waals surface area contributed by atoms with Gasteiger partial charge in [-0.2, -0.15) is 0 Å². The van der Waals surface area contributed by atoms with Gasteiger partial charge in [-0.3, -0.25) is 0 Å². The van der Waals surface area contributed by atoms with Gasteiger partial charge in [-0.25, -0.2) is 9.97 Å². The first-order chi connectivity index (χ1) is 16.6. The van der Waals surface area contributed by atoms with Crippen LogP contribution in [0.1, 0.15) is 11.1 Å². The van der Waals surface area contributed by atoms with Crippen molar-refractivity contribution in [2.45, 2.75) is 13.8 Å². The molecule has 0 atom stereocenters. The normalized spacial score (nSPS) is 11.2. The molecule has 6 rings (SSSR count). The highest BCUT2D eigenvalue weighted by molar-refractivity contribution is 7.22. The largest absolute Gasteiger partial charge is 0.332 e. The molecule has 0 aliphatic carbocycles. The molecule has 4 aromatic carbocycles. The molecule has 6 aromatic rings. The van der Waals surface area contributed by atoms with E-state index in [2.05, 4.69) is 109 Å². The van der Waals surface area contributed by atoms with Gasteiger partial charge in [0.25, 0.3) is 0 Å². The smallest absolute Gasteiger partial charge is 0.188 e. The van der Waals surface area contributed by atoms with E-state index in [0.29, 0.717) is 0 Å². The van der Waals surface area contributed by atoms with Crippen LogP contribution in [0.4, 0.5) is 21.6 Å². The zero-order valence-corrected chi connectivity index (χ0v) is 20.4. The summed E-state index contributed by atoms with van der Waals surface area (Å²) in [5.41, 5.74) is 8.97. The molecule has 0 saturated carbocycles. The third-order valence-corrected chi connectivity index (χ3v) is 7.58. The fraction of sp³-hybridized carbons (Fsp3) is 0.0714. The monoisotopic (exact) mass is 478 g/mol. The minimum absolute atomic E-state index is 0.903. The molecule has 2 aromatic heterocycles. The van der Waals surface area contributed by atoms with Crippen molar-refractivity contribution < 1.29 is 0 Å². The van der Waals surface area contributed by atoms with Gasteiger partial charge in [0, 0.05) is 11.4 Å². The van der Waals surface area contributed by atoms with Crippen LogP contribution in [-0.2, 0) is 0 Å². The van der Waals surface area contributed by atoms with Crippen molar-refractivity contribution in [1.29, 1.82) is 0 Å². The van der Waals surface area contributed by atoms with Crippen LogP contribution in [0.15, 0.2) is 84.9 Å². The van der Waals surface area contributed by atoms with Gasteiger partial charge in [-0.1, -0.05) is 70.2 Å². The van der Waals surface area contributed by atoms with Crippen LogP contribution in [0.3, 0.4) is 0 Å². The van der Waals surface area contributed by atoms with E-state index in [1.165, 1.54) is 31.7 Å². The number of hydrogen-bond donors (Lipinski definition) is 2. The Morgan fingerprint density at radius 2 is 0.941 bits per heavy atom. The number of nitrogens with one attached hydrogen (secondary N) is 2. The van der Waals surface area contributed by atoms with Gasteiger partial charge in [0.2, 0.25) is 0 Å². The summed E-state index contributed by atoms with van der Waals surface area (Å²) in [6, 6.07) is 29.7. The molecule has 6 heteroatoms.